The van der Waals surface area contributed by atoms with Crippen LogP contribution in [0.15, 0.2) is 15.8 Å². The molecule has 4 atom stereocenters. The van der Waals surface area contributed by atoms with E-state index in [1.807, 2.05) is 0 Å². The van der Waals surface area contributed by atoms with Gasteiger partial charge in [-0.15, -0.1) is 0 Å². The Morgan fingerprint density at radius 3 is 2.80 bits per heavy atom. The zero-order valence-corrected chi connectivity index (χ0v) is 11.0. The molecule has 1 aromatic rings. The van der Waals surface area contributed by atoms with E-state index in [0.717, 1.165) is 4.57 Å². The van der Waals surface area contributed by atoms with Gasteiger partial charge in [-0.1, -0.05) is 0 Å². The second kappa shape index (κ2) is 5.88. The van der Waals surface area contributed by atoms with Crippen molar-refractivity contribution >= 4 is 0 Å². The van der Waals surface area contributed by atoms with Gasteiger partial charge in [-0.25, -0.2) is 4.79 Å². The van der Waals surface area contributed by atoms with Crippen molar-refractivity contribution in [3.8, 4) is 0 Å². The number of nitrogens with zero attached hydrogens (tertiary/aromatic N) is 1. The highest BCUT2D eigenvalue weighted by atomic mass is 16.5. The second-order valence-electron chi connectivity index (χ2n) is 4.99. The van der Waals surface area contributed by atoms with Gasteiger partial charge < -0.3 is 20.1 Å². The number of nitrogens with one attached hydrogen (secondary N) is 1. The molecule has 1 aromatic heterocycles. The van der Waals surface area contributed by atoms with Crippen LogP contribution in [-0.4, -0.2) is 49.8 Å². The molecular formula is C12H18N2O6. The van der Waals surface area contributed by atoms with Crippen molar-refractivity contribution in [3.05, 3.63) is 32.6 Å². The highest BCUT2D eigenvalue weighted by molar-refractivity contribution is 5.06. The molecule has 1 aliphatic rings. The summed E-state index contributed by atoms with van der Waals surface area (Å²) in [5.41, 5.74) is -0.949. The maximum Gasteiger partial charge on any atom is 0.330 e. The van der Waals surface area contributed by atoms with Gasteiger partial charge >= 0.3 is 5.69 Å². The normalized spacial score (nSPS) is 27.7. The molecule has 0 radical (unpaired) electrons. The van der Waals surface area contributed by atoms with Crippen LogP contribution in [-0.2, 0) is 11.2 Å². The molecule has 0 aliphatic carbocycles. The van der Waals surface area contributed by atoms with E-state index in [2.05, 4.69) is 4.98 Å². The molecule has 2 heterocycles. The van der Waals surface area contributed by atoms with E-state index in [1.165, 1.54) is 13.1 Å². The Bertz CT molecular complexity index is 578. The largest absolute Gasteiger partial charge is 0.394 e. The van der Waals surface area contributed by atoms with Crippen LogP contribution in [0.5, 0.6) is 0 Å². The molecule has 1 fully saturated rings. The minimum absolute atomic E-state index is 0.105. The van der Waals surface area contributed by atoms with Crippen LogP contribution < -0.4 is 11.2 Å². The molecular weight excluding hydrogens is 268 g/mol. The first-order valence-electron chi connectivity index (χ1n) is 6.39. The van der Waals surface area contributed by atoms with Crippen molar-refractivity contribution in [2.45, 2.75) is 44.3 Å². The lowest BCUT2D eigenvalue weighted by Gasteiger charge is -2.15. The molecule has 8 nitrogen and oxygen atoms in total. The predicted octanol–water partition coefficient (Wildman–Crippen LogP) is -1.90. The van der Waals surface area contributed by atoms with Crippen LogP contribution in [0.4, 0.5) is 0 Å². The van der Waals surface area contributed by atoms with E-state index >= 15 is 0 Å². The highest BCUT2D eigenvalue weighted by Crippen LogP contribution is 2.27. The summed E-state index contributed by atoms with van der Waals surface area (Å²) in [4.78, 5) is 25.6. The predicted molar refractivity (Wildman–Crippen MR) is 68.3 cm³/mol. The fourth-order valence-electron chi connectivity index (χ4n) is 2.25. The summed E-state index contributed by atoms with van der Waals surface area (Å²) >= 11 is 0. The van der Waals surface area contributed by atoms with Crippen LogP contribution >= 0.6 is 0 Å². The minimum Gasteiger partial charge on any atom is -0.394 e. The third kappa shape index (κ3) is 2.98. The zero-order chi connectivity index (χ0) is 14.9. The fraction of sp³-hybridized carbons (Fsp3) is 0.667. The van der Waals surface area contributed by atoms with Gasteiger partial charge in [-0.2, -0.15) is 0 Å². The molecule has 1 unspecified atom stereocenters. The van der Waals surface area contributed by atoms with Crippen LogP contribution in [0.3, 0.4) is 0 Å². The average molecular weight is 286 g/mol. The first-order valence-corrected chi connectivity index (χ1v) is 6.39. The first-order chi connectivity index (χ1) is 9.42. The standard InChI is InChI=1S/C12H18N2O6/c1-6(16)2-7-4-14(12(19)13-11(7)18)10-3-8(17)9(5-15)20-10/h4,6,8-10,15-17H,2-3,5H2,1H3,(H,13,18,19)/t6?,8-,9+,10+/m0/s1. The Balaban J connectivity index is 2.33. The van der Waals surface area contributed by atoms with Crippen molar-refractivity contribution in [3.63, 3.8) is 0 Å². The molecule has 0 bridgehead atoms. The number of rotatable bonds is 4. The number of hydrogen-bond donors (Lipinski definition) is 4. The Morgan fingerprint density at radius 1 is 1.55 bits per heavy atom. The van der Waals surface area contributed by atoms with Gasteiger partial charge in [0.2, 0.25) is 0 Å². The molecule has 0 saturated carbocycles. The van der Waals surface area contributed by atoms with E-state index in [9.17, 15) is 19.8 Å². The number of aliphatic hydroxyl groups excluding tert-OH is 3. The fourth-order valence-corrected chi connectivity index (χ4v) is 2.25. The van der Waals surface area contributed by atoms with Gasteiger partial charge in [0.15, 0.2) is 0 Å². The van der Waals surface area contributed by atoms with Crippen molar-refractivity contribution < 1.29 is 20.1 Å². The Kier molecular flexibility index (Phi) is 4.39. The monoisotopic (exact) mass is 286 g/mol. The molecule has 0 spiro atoms. The van der Waals surface area contributed by atoms with Crippen LogP contribution in [0.25, 0.3) is 0 Å². The lowest BCUT2D eigenvalue weighted by atomic mass is 10.1. The van der Waals surface area contributed by atoms with E-state index < -0.39 is 35.8 Å². The lowest BCUT2D eigenvalue weighted by Crippen LogP contribution is -2.35. The summed E-state index contributed by atoms with van der Waals surface area (Å²) < 4.78 is 6.53. The summed E-state index contributed by atoms with van der Waals surface area (Å²) in [7, 11) is 0. The van der Waals surface area contributed by atoms with Crippen LogP contribution in [0, 0.1) is 0 Å². The number of H-pyrrole nitrogens is 1. The number of aromatic amines is 1. The third-order valence-electron chi connectivity index (χ3n) is 3.25. The number of hydrogen-bond acceptors (Lipinski definition) is 6. The number of aromatic nitrogens is 2. The molecule has 2 rings (SSSR count). The van der Waals surface area contributed by atoms with Crippen LogP contribution in [0.1, 0.15) is 25.1 Å². The smallest absolute Gasteiger partial charge is 0.330 e. The average Bonchev–Trinajstić information content (AvgIpc) is 2.73. The summed E-state index contributed by atoms with van der Waals surface area (Å²) in [5.74, 6) is 0. The topological polar surface area (TPSA) is 125 Å². The first kappa shape index (κ1) is 14.9. The van der Waals surface area contributed by atoms with Gasteiger partial charge in [0.25, 0.3) is 5.56 Å². The molecule has 0 aromatic carbocycles. The van der Waals surface area contributed by atoms with E-state index in [0.29, 0.717) is 0 Å². The summed E-state index contributed by atoms with van der Waals surface area (Å²) in [5, 5.41) is 28.0. The SMILES string of the molecule is CC(O)Cc1cn([C@H]2C[C@H](O)[C@@H](CO)O2)c(=O)[nH]c1=O. The molecule has 0 amide bonds. The molecule has 20 heavy (non-hydrogen) atoms. The van der Waals surface area contributed by atoms with Gasteiger partial charge in [-0.05, 0) is 6.92 Å². The molecule has 112 valence electrons. The van der Waals surface area contributed by atoms with E-state index in [1.54, 1.807) is 0 Å². The second-order valence-corrected chi connectivity index (χ2v) is 4.99. The molecule has 8 heteroatoms. The minimum atomic E-state index is -0.871. The van der Waals surface area contributed by atoms with Gasteiger partial charge in [0.1, 0.15) is 12.3 Å². The summed E-state index contributed by atoms with van der Waals surface area (Å²) in [6, 6.07) is 0. The van der Waals surface area contributed by atoms with E-state index in [4.69, 9.17) is 9.84 Å². The highest BCUT2D eigenvalue weighted by Gasteiger charge is 2.35. The quantitative estimate of drug-likeness (QED) is 0.512. The van der Waals surface area contributed by atoms with Crippen molar-refractivity contribution in [2.75, 3.05) is 6.61 Å². The lowest BCUT2D eigenvalue weighted by molar-refractivity contribution is -0.0460. The zero-order valence-electron chi connectivity index (χ0n) is 11.0. The number of aliphatic hydroxyl groups is 3. The summed E-state index contributed by atoms with van der Waals surface area (Å²) in [6.45, 7) is 1.18. The van der Waals surface area contributed by atoms with Crippen molar-refractivity contribution in [1.29, 1.82) is 0 Å². The Labute approximate surface area is 114 Å². The van der Waals surface area contributed by atoms with Gasteiger partial charge in [-0.3, -0.25) is 14.3 Å². The van der Waals surface area contributed by atoms with Crippen molar-refractivity contribution in [1.82, 2.24) is 9.55 Å². The number of ether oxygens (including phenoxy) is 1. The van der Waals surface area contributed by atoms with E-state index in [-0.39, 0.29) is 25.0 Å². The van der Waals surface area contributed by atoms with Crippen molar-refractivity contribution in [2.24, 2.45) is 0 Å². The molecule has 1 saturated heterocycles. The van der Waals surface area contributed by atoms with Gasteiger partial charge in [0, 0.05) is 24.6 Å². The van der Waals surface area contributed by atoms with Gasteiger partial charge in [0.05, 0.1) is 18.8 Å². The molecule has 4 N–H and O–H groups in total. The Hall–Kier alpha value is -1.48. The molecule has 1 aliphatic heterocycles. The summed E-state index contributed by atoms with van der Waals surface area (Å²) in [6.07, 6.45) is -1.52. The maximum atomic E-state index is 11.8. The third-order valence-corrected chi connectivity index (χ3v) is 3.25. The maximum absolute atomic E-state index is 11.8. The Morgan fingerprint density at radius 2 is 2.25 bits per heavy atom. The van der Waals surface area contributed by atoms with Crippen LogP contribution in [0.2, 0.25) is 0 Å².